The number of thiophene rings is 1. The van der Waals surface area contributed by atoms with E-state index in [2.05, 4.69) is 51.0 Å². The number of pyridine rings is 1. The van der Waals surface area contributed by atoms with Gasteiger partial charge in [0.25, 0.3) is 0 Å². The highest BCUT2D eigenvalue weighted by atomic mass is 32.1. The maximum atomic E-state index is 12.4. The molecule has 1 fully saturated rings. The van der Waals surface area contributed by atoms with Crippen molar-refractivity contribution >= 4 is 17.2 Å². The van der Waals surface area contributed by atoms with E-state index in [1.54, 1.807) is 11.3 Å². The molecule has 1 aromatic carbocycles. The molecular weight excluding hydrogens is 354 g/mol. The van der Waals surface area contributed by atoms with Crippen molar-refractivity contribution in [2.24, 2.45) is 11.1 Å². The van der Waals surface area contributed by atoms with Crippen molar-refractivity contribution < 1.29 is 4.79 Å². The molecule has 3 heterocycles. The number of hydrogen-bond acceptors (Lipinski definition) is 4. The van der Waals surface area contributed by atoms with E-state index in [4.69, 9.17) is 5.73 Å². The maximum absolute atomic E-state index is 12.4. The average molecular weight is 378 g/mol. The fourth-order valence-corrected chi connectivity index (χ4v) is 4.57. The Morgan fingerprint density at radius 1 is 1.07 bits per heavy atom. The molecule has 27 heavy (non-hydrogen) atoms. The van der Waals surface area contributed by atoms with Crippen molar-refractivity contribution in [1.29, 1.82) is 0 Å². The first-order chi connectivity index (χ1) is 13.1. The number of amides is 1. The molecule has 138 valence electrons. The van der Waals surface area contributed by atoms with E-state index in [0.717, 1.165) is 19.5 Å². The minimum absolute atomic E-state index is 0.193. The summed E-state index contributed by atoms with van der Waals surface area (Å²) in [5, 5.41) is 4.23. The first-order valence-electron chi connectivity index (χ1n) is 9.17. The molecule has 0 aliphatic carbocycles. The third kappa shape index (κ3) is 3.94. The third-order valence-electron chi connectivity index (χ3n) is 5.46. The fourth-order valence-electron chi connectivity index (χ4n) is 3.91. The van der Waals surface area contributed by atoms with Crippen LogP contribution in [-0.2, 0) is 17.8 Å². The number of carbonyl (C=O) groups excluding carboxylic acids is 1. The second kappa shape index (κ2) is 7.62. The van der Waals surface area contributed by atoms with Crippen molar-refractivity contribution in [3.8, 4) is 11.1 Å². The van der Waals surface area contributed by atoms with E-state index in [0.29, 0.717) is 13.0 Å². The zero-order chi connectivity index (χ0) is 18.7. The fraction of sp³-hybridized carbons (Fsp3) is 0.273. The summed E-state index contributed by atoms with van der Waals surface area (Å²) < 4.78 is 0. The van der Waals surface area contributed by atoms with Crippen LogP contribution in [0.4, 0.5) is 0 Å². The lowest BCUT2D eigenvalue weighted by molar-refractivity contribution is -0.127. The second-order valence-electron chi connectivity index (χ2n) is 7.35. The Kier molecular flexibility index (Phi) is 5.05. The molecule has 1 atom stereocenters. The van der Waals surface area contributed by atoms with Crippen molar-refractivity contribution in [1.82, 2.24) is 9.88 Å². The van der Waals surface area contributed by atoms with Gasteiger partial charge in [-0.3, -0.25) is 14.7 Å². The number of likely N-dealkylation sites (tertiary alicyclic amines) is 1. The normalized spacial score (nSPS) is 20.0. The smallest absolute Gasteiger partial charge is 0.225 e. The van der Waals surface area contributed by atoms with E-state index in [9.17, 15) is 4.79 Å². The van der Waals surface area contributed by atoms with Gasteiger partial charge in [-0.15, -0.1) is 0 Å². The summed E-state index contributed by atoms with van der Waals surface area (Å²) in [7, 11) is 0. The third-order valence-corrected chi connectivity index (χ3v) is 6.15. The van der Waals surface area contributed by atoms with E-state index in [-0.39, 0.29) is 5.91 Å². The number of nitrogens with zero attached hydrogens (tertiary/aromatic N) is 2. The Labute approximate surface area is 163 Å². The molecular formula is C22H23N3OS. The number of primary amides is 1. The molecule has 0 bridgehead atoms. The Hall–Kier alpha value is -2.50. The largest absolute Gasteiger partial charge is 0.369 e. The van der Waals surface area contributed by atoms with Crippen LogP contribution in [-0.4, -0.2) is 28.9 Å². The molecule has 3 aromatic rings. The summed E-state index contributed by atoms with van der Waals surface area (Å²) in [5.74, 6) is -0.193. The molecule has 2 aromatic heterocycles. The van der Waals surface area contributed by atoms with Crippen molar-refractivity contribution in [2.45, 2.75) is 19.4 Å². The Balaban J connectivity index is 1.47. The van der Waals surface area contributed by atoms with Crippen molar-refractivity contribution in [2.75, 3.05) is 13.1 Å². The first-order valence-corrected chi connectivity index (χ1v) is 10.1. The highest BCUT2D eigenvalue weighted by Crippen LogP contribution is 2.35. The number of aromatic nitrogens is 1. The molecule has 0 saturated carbocycles. The molecule has 2 N–H and O–H groups in total. The lowest BCUT2D eigenvalue weighted by Crippen LogP contribution is -2.41. The van der Waals surface area contributed by atoms with E-state index in [1.165, 1.54) is 22.3 Å². The second-order valence-corrected chi connectivity index (χ2v) is 8.13. The summed E-state index contributed by atoms with van der Waals surface area (Å²) in [4.78, 5) is 18.8. The summed E-state index contributed by atoms with van der Waals surface area (Å²) in [6, 6.07) is 14.7. The Bertz CT molecular complexity index is 893. The number of benzene rings is 1. The van der Waals surface area contributed by atoms with Gasteiger partial charge in [-0.2, -0.15) is 11.3 Å². The van der Waals surface area contributed by atoms with Crippen LogP contribution >= 0.6 is 11.3 Å². The van der Waals surface area contributed by atoms with Gasteiger partial charge >= 0.3 is 0 Å². The van der Waals surface area contributed by atoms with Crippen LogP contribution in [0.5, 0.6) is 0 Å². The molecule has 4 rings (SSSR count). The topological polar surface area (TPSA) is 59.2 Å². The van der Waals surface area contributed by atoms with Gasteiger partial charge in [0.2, 0.25) is 5.91 Å². The van der Waals surface area contributed by atoms with Crippen LogP contribution in [0.2, 0.25) is 0 Å². The highest BCUT2D eigenvalue weighted by Gasteiger charge is 2.43. The number of rotatable bonds is 6. The highest BCUT2D eigenvalue weighted by molar-refractivity contribution is 7.08. The Morgan fingerprint density at radius 2 is 1.85 bits per heavy atom. The molecule has 0 radical (unpaired) electrons. The monoisotopic (exact) mass is 377 g/mol. The summed E-state index contributed by atoms with van der Waals surface area (Å²) in [6.07, 6.45) is 5.11. The summed E-state index contributed by atoms with van der Waals surface area (Å²) in [6.45, 7) is 2.42. The molecule has 1 amide bonds. The first kappa shape index (κ1) is 17.9. The number of carbonyl (C=O) groups is 1. The molecule has 4 nitrogen and oxygen atoms in total. The average Bonchev–Trinajstić information content (AvgIpc) is 3.34. The van der Waals surface area contributed by atoms with Crippen molar-refractivity contribution in [3.63, 3.8) is 0 Å². The Morgan fingerprint density at radius 3 is 2.52 bits per heavy atom. The molecule has 1 aliphatic rings. The van der Waals surface area contributed by atoms with Crippen LogP contribution in [0, 0.1) is 5.41 Å². The number of hydrogen-bond donors (Lipinski definition) is 1. The lowest BCUT2D eigenvalue weighted by atomic mass is 9.80. The van der Waals surface area contributed by atoms with Gasteiger partial charge in [0, 0.05) is 25.5 Å². The molecule has 5 heteroatoms. The van der Waals surface area contributed by atoms with Gasteiger partial charge in [-0.25, -0.2) is 0 Å². The van der Waals surface area contributed by atoms with Gasteiger partial charge in [-0.1, -0.05) is 24.3 Å². The van der Waals surface area contributed by atoms with Crippen LogP contribution in [0.15, 0.2) is 65.6 Å². The minimum atomic E-state index is -0.489. The lowest BCUT2D eigenvalue weighted by Gasteiger charge is -2.26. The van der Waals surface area contributed by atoms with Crippen LogP contribution in [0.25, 0.3) is 11.1 Å². The SMILES string of the molecule is NC(=O)[C@]1(Cc2ccc(-c3ccsc3)cc2)CCN(Cc2ccncc2)C1. The van der Waals surface area contributed by atoms with Gasteiger partial charge in [-0.05, 0) is 70.6 Å². The van der Waals surface area contributed by atoms with Gasteiger partial charge in [0.05, 0.1) is 5.41 Å². The van der Waals surface area contributed by atoms with Gasteiger partial charge in [0.1, 0.15) is 0 Å². The zero-order valence-corrected chi connectivity index (χ0v) is 16.0. The summed E-state index contributed by atoms with van der Waals surface area (Å²) >= 11 is 1.70. The molecule has 1 saturated heterocycles. The quantitative estimate of drug-likeness (QED) is 0.712. The van der Waals surface area contributed by atoms with E-state index < -0.39 is 5.41 Å². The predicted molar refractivity (Wildman–Crippen MR) is 109 cm³/mol. The standard InChI is InChI=1S/C22H23N3OS/c23-21(26)22(8-11-25(16-22)14-18-5-9-24-10-6-18)13-17-1-3-19(4-2-17)20-7-12-27-15-20/h1-7,9-10,12,15H,8,11,13-14,16H2,(H2,23,26)/t22-/m0/s1. The van der Waals surface area contributed by atoms with Gasteiger partial charge < -0.3 is 5.73 Å². The van der Waals surface area contributed by atoms with Crippen LogP contribution in [0.1, 0.15) is 17.5 Å². The molecule has 1 aliphatic heterocycles. The maximum Gasteiger partial charge on any atom is 0.225 e. The van der Waals surface area contributed by atoms with E-state index in [1.807, 2.05) is 24.5 Å². The van der Waals surface area contributed by atoms with Crippen LogP contribution in [0.3, 0.4) is 0 Å². The summed E-state index contributed by atoms with van der Waals surface area (Å²) in [5.41, 5.74) is 10.2. The van der Waals surface area contributed by atoms with Crippen LogP contribution < -0.4 is 5.73 Å². The predicted octanol–water partition coefficient (Wildman–Crippen LogP) is 3.73. The minimum Gasteiger partial charge on any atom is -0.369 e. The van der Waals surface area contributed by atoms with E-state index >= 15 is 0 Å². The number of nitrogens with two attached hydrogens (primary N) is 1. The molecule has 0 unspecified atom stereocenters. The van der Waals surface area contributed by atoms with Crippen molar-refractivity contribution in [3.05, 3.63) is 76.7 Å². The zero-order valence-electron chi connectivity index (χ0n) is 15.2. The molecule has 0 spiro atoms. The van der Waals surface area contributed by atoms with Gasteiger partial charge in [0.15, 0.2) is 0 Å².